The van der Waals surface area contributed by atoms with Crippen molar-refractivity contribution in [3.63, 3.8) is 0 Å². The highest BCUT2D eigenvalue weighted by atomic mass is 32.2. The topological polar surface area (TPSA) is 68.0 Å². The third kappa shape index (κ3) is 5.16. The minimum atomic E-state index is -0.273. The van der Waals surface area contributed by atoms with Crippen molar-refractivity contribution in [2.75, 3.05) is 0 Å². The van der Waals surface area contributed by atoms with Crippen molar-refractivity contribution in [2.45, 2.75) is 82.2 Å². The van der Waals surface area contributed by atoms with Gasteiger partial charge in [0.2, 0.25) is 11.8 Å². The van der Waals surface area contributed by atoms with Crippen LogP contribution >= 0.6 is 11.8 Å². The van der Waals surface area contributed by atoms with E-state index in [4.69, 9.17) is 4.42 Å². The molecule has 5 nitrogen and oxygen atoms in total. The van der Waals surface area contributed by atoms with Crippen LogP contribution in [0.15, 0.2) is 33.9 Å². The lowest BCUT2D eigenvalue weighted by Gasteiger charge is -2.30. The lowest BCUT2D eigenvalue weighted by atomic mass is 9.86. The van der Waals surface area contributed by atoms with E-state index in [-0.39, 0.29) is 22.6 Å². The zero-order valence-electron chi connectivity index (χ0n) is 17.5. The zero-order chi connectivity index (χ0) is 20.3. The van der Waals surface area contributed by atoms with Crippen LogP contribution in [0.5, 0.6) is 0 Å². The molecule has 0 spiro atoms. The number of carbonyl (C=O) groups is 1. The normalized spacial score (nSPS) is 21.3. The number of rotatable bonds is 5. The zero-order valence-corrected chi connectivity index (χ0v) is 18.3. The number of carbonyl (C=O) groups excluding carboxylic acids is 1. The van der Waals surface area contributed by atoms with Gasteiger partial charge in [0.25, 0.3) is 5.22 Å². The third-order valence-corrected chi connectivity index (χ3v) is 6.42. The van der Waals surface area contributed by atoms with Gasteiger partial charge >= 0.3 is 0 Å². The summed E-state index contributed by atoms with van der Waals surface area (Å²) < 4.78 is 5.79. The first-order valence-corrected chi connectivity index (χ1v) is 11.0. The van der Waals surface area contributed by atoms with Gasteiger partial charge in [-0.15, -0.1) is 10.2 Å². The van der Waals surface area contributed by atoms with Gasteiger partial charge < -0.3 is 9.73 Å². The van der Waals surface area contributed by atoms with E-state index in [0.717, 1.165) is 12.0 Å². The predicted molar refractivity (Wildman–Crippen MR) is 113 cm³/mol. The van der Waals surface area contributed by atoms with E-state index in [1.54, 1.807) is 0 Å². The average molecular weight is 402 g/mol. The molecule has 0 bridgehead atoms. The first-order chi connectivity index (χ1) is 13.2. The van der Waals surface area contributed by atoms with E-state index in [9.17, 15) is 4.79 Å². The van der Waals surface area contributed by atoms with Gasteiger partial charge in [-0.1, -0.05) is 64.4 Å². The number of benzene rings is 1. The Bertz CT molecular complexity index is 795. The van der Waals surface area contributed by atoms with Gasteiger partial charge in [-0.3, -0.25) is 4.79 Å². The molecule has 1 fully saturated rings. The van der Waals surface area contributed by atoms with Crippen LogP contribution in [-0.2, 0) is 10.2 Å². The van der Waals surface area contributed by atoms with Crippen LogP contribution in [0.3, 0.4) is 0 Å². The molecule has 28 heavy (non-hydrogen) atoms. The van der Waals surface area contributed by atoms with Crippen LogP contribution in [0.2, 0.25) is 0 Å². The van der Waals surface area contributed by atoms with E-state index in [1.165, 1.54) is 36.6 Å². The maximum atomic E-state index is 12.5. The van der Waals surface area contributed by atoms with Crippen LogP contribution in [-0.4, -0.2) is 27.4 Å². The molecule has 0 saturated heterocycles. The molecule has 3 rings (SSSR count). The molecule has 6 heteroatoms. The van der Waals surface area contributed by atoms with Gasteiger partial charge in [0.1, 0.15) is 0 Å². The molecular formula is C22H31N3O2S. The standard InChI is InChI=1S/C22H31N3O2S/c1-14-8-6-7-9-18(14)23-19(26)15(2)28-21-25-24-20(27-21)16-10-12-17(13-11-16)22(3,4)5/h10-15,18H,6-9H2,1-5H3,(H,23,26)/t14-,15+,18-/m0/s1. The molecule has 1 aromatic heterocycles. The Morgan fingerprint density at radius 1 is 1.18 bits per heavy atom. The number of nitrogens with zero attached hydrogens (tertiary/aromatic N) is 2. The molecule has 3 atom stereocenters. The Labute approximate surface area is 172 Å². The van der Waals surface area contributed by atoms with Crippen molar-refractivity contribution >= 4 is 17.7 Å². The SMILES string of the molecule is C[C@@H](Sc1nnc(-c2ccc(C(C)(C)C)cc2)o1)C(=O)N[C@H]1CCCC[C@@H]1C. The summed E-state index contributed by atoms with van der Waals surface area (Å²) in [6, 6.07) is 8.47. The molecule has 2 aromatic rings. The van der Waals surface area contributed by atoms with Crippen molar-refractivity contribution in [2.24, 2.45) is 5.92 Å². The fourth-order valence-electron chi connectivity index (χ4n) is 3.52. The number of amides is 1. The summed E-state index contributed by atoms with van der Waals surface area (Å²) in [4.78, 5) is 12.5. The van der Waals surface area contributed by atoms with Crippen molar-refractivity contribution in [1.82, 2.24) is 15.5 Å². The fourth-order valence-corrected chi connectivity index (χ4v) is 4.21. The van der Waals surface area contributed by atoms with E-state index < -0.39 is 0 Å². The highest BCUT2D eigenvalue weighted by Gasteiger charge is 2.26. The molecule has 1 aliphatic rings. The van der Waals surface area contributed by atoms with Gasteiger partial charge in [0.05, 0.1) is 5.25 Å². The van der Waals surface area contributed by atoms with Gasteiger partial charge in [0.15, 0.2) is 0 Å². The van der Waals surface area contributed by atoms with Crippen LogP contribution in [0, 0.1) is 5.92 Å². The molecule has 1 saturated carbocycles. The summed E-state index contributed by atoms with van der Waals surface area (Å²) in [7, 11) is 0. The van der Waals surface area contributed by atoms with Crippen LogP contribution in [0.1, 0.15) is 65.9 Å². The van der Waals surface area contributed by atoms with Gasteiger partial charge in [-0.2, -0.15) is 0 Å². The smallest absolute Gasteiger partial charge is 0.277 e. The number of aromatic nitrogens is 2. The average Bonchev–Trinajstić information content (AvgIpc) is 3.11. The maximum absolute atomic E-state index is 12.5. The second kappa shape index (κ2) is 8.68. The number of thioether (sulfide) groups is 1. The summed E-state index contributed by atoms with van der Waals surface area (Å²) in [5.74, 6) is 1.07. The van der Waals surface area contributed by atoms with Gasteiger partial charge in [-0.05, 0) is 48.8 Å². The van der Waals surface area contributed by atoms with Gasteiger partial charge in [0, 0.05) is 11.6 Å². The maximum Gasteiger partial charge on any atom is 0.277 e. The van der Waals surface area contributed by atoms with Crippen LogP contribution in [0.4, 0.5) is 0 Å². The van der Waals surface area contributed by atoms with E-state index >= 15 is 0 Å². The number of nitrogens with one attached hydrogen (secondary N) is 1. The van der Waals surface area contributed by atoms with Crippen molar-refractivity contribution in [1.29, 1.82) is 0 Å². The third-order valence-electron chi connectivity index (χ3n) is 5.49. The van der Waals surface area contributed by atoms with Crippen molar-refractivity contribution in [3.8, 4) is 11.5 Å². The van der Waals surface area contributed by atoms with Crippen molar-refractivity contribution in [3.05, 3.63) is 29.8 Å². The summed E-state index contributed by atoms with van der Waals surface area (Å²) in [6.07, 6.45) is 4.71. The number of hydrogen-bond donors (Lipinski definition) is 1. The van der Waals surface area contributed by atoms with E-state index in [0.29, 0.717) is 17.0 Å². The van der Waals surface area contributed by atoms with Crippen molar-refractivity contribution < 1.29 is 9.21 Å². The second-order valence-corrected chi connectivity index (χ2v) is 10.1. The molecule has 1 heterocycles. The van der Waals surface area contributed by atoms with Gasteiger partial charge in [-0.25, -0.2) is 0 Å². The second-order valence-electron chi connectivity index (χ2n) is 8.84. The Morgan fingerprint density at radius 2 is 1.86 bits per heavy atom. The Balaban J connectivity index is 1.60. The Hall–Kier alpha value is -1.82. The first kappa shape index (κ1) is 20.9. The molecular weight excluding hydrogens is 370 g/mol. The highest BCUT2D eigenvalue weighted by molar-refractivity contribution is 8.00. The first-order valence-electron chi connectivity index (χ1n) is 10.2. The Kier molecular flexibility index (Phi) is 6.48. The Morgan fingerprint density at radius 3 is 2.50 bits per heavy atom. The minimum absolute atomic E-state index is 0.0398. The molecule has 1 aliphatic carbocycles. The summed E-state index contributed by atoms with van der Waals surface area (Å²) in [6.45, 7) is 10.7. The molecule has 152 valence electrons. The minimum Gasteiger partial charge on any atom is -0.411 e. The van der Waals surface area contributed by atoms with Crippen LogP contribution in [0.25, 0.3) is 11.5 Å². The molecule has 0 unspecified atom stereocenters. The lowest BCUT2D eigenvalue weighted by molar-refractivity contribution is -0.121. The quantitative estimate of drug-likeness (QED) is 0.697. The molecule has 0 radical (unpaired) electrons. The van der Waals surface area contributed by atoms with Crippen LogP contribution < -0.4 is 5.32 Å². The summed E-state index contributed by atoms with van der Waals surface area (Å²) >= 11 is 1.31. The summed E-state index contributed by atoms with van der Waals surface area (Å²) in [5.41, 5.74) is 2.25. The van der Waals surface area contributed by atoms with E-state index in [1.807, 2.05) is 19.1 Å². The monoisotopic (exact) mass is 401 g/mol. The molecule has 1 N–H and O–H groups in total. The summed E-state index contributed by atoms with van der Waals surface area (Å²) in [5, 5.41) is 11.6. The van der Waals surface area contributed by atoms with E-state index in [2.05, 4.69) is 55.3 Å². The molecule has 1 amide bonds. The highest BCUT2D eigenvalue weighted by Crippen LogP contribution is 2.29. The lowest BCUT2D eigenvalue weighted by Crippen LogP contribution is -2.44. The molecule has 1 aromatic carbocycles. The number of hydrogen-bond acceptors (Lipinski definition) is 5. The molecule has 0 aliphatic heterocycles. The largest absolute Gasteiger partial charge is 0.411 e. The fraction of sp³-hybridized carbons (Fsp3) is 0.591. The predicted octanol–water partition coefficient (Wildman–Crippen LogP) is 5.21.